The topological polar surface area (TPSA) is 68.8 Å². The molecule has 2 amide bonds. The van der Waals surface area contributed by atoms with E-state index in [1.54, 1.807) is 5.38 Å². The van der Waals surface area contributed by atoms with E-state index >= 15 is 0 Å². The summed E-state index contributed by atoms with van der Waals surface area (Å²) in [7, 11) is 0. The summed E-state index contributed by atoms with van der Waals surface area (Å²) in [6.45, 7) is 7.89. The number of carbonyl (C=O) groups excluding carboxylic acids is 2. The number of hydrazine groups is 1. The molecule has 5 rings (SSSR count). The van der Waals surface area contributed by atoms with Crippen LogP contribution in [0.2, 0.25) is 0 Å². The van der Waals surface area contributed by atoms with Crippen LogP contribution in [0.3, 0.4) is 0 Å². The molecule has 1 saturated heterocycles. The average molecular weight is 504 g/mol. The summed E-state index contributed by atoms with van der Waals surface area (Å²) in [4.78, 5) is 35.5. The highest BCUT2D eigenvalue weighted by Crippen LogP contribution is 2.37. The molecular formula is C26H25N5O2S2. The smallest absolute Gasteiger partial charge is 0.252 e. The average Bonchev–Trinajstić information content (AvgIpc) is 3.42. The Morgan fingerprint density at radius 3 is 1.94 bits per heavy atom. The van der Waals surface area contributed by atoms with E-state index in [1.807, 2.05) is 81.2 Å². The fraction of sp³-hybridized carbons (Fsp3) is 0.231. The molecule has 1 atom stereocenters. The number of anilines is 3. The molecule has 178 valence electrons. The summed E-state index contributed by atoms with van der Waals surface area (Å²) in [6, 6.07) is 15.2. The first-order valence-corrected chi connectivity index (χ1v) is 12.6. The molecular weight excluding hydrogens is 478 g/mol. The molecule has 2 aliphatic heterocycles. The first-order chi connectivity index (χ1) is 16.8. The second-order valence-electron chi connectivity index (χ2n) is 8.75. The standard InChI is InChI=1S/C26H25N5O2S2/c1-15-9-5-7-11-20(15)29-23(32)22(19-14-35-25(27-19)31-18(4)13-17(3)28-31)24(33)30(26(29)34)21-12-8-6-10-16(21)2/h5-14,17,22,28H,1-4H3. The lowest BCUT2D eigenvalue weighted by Gasteiger charge is -2.39. The number of amides is 2. The molecule has 0 bridgehead atoms. The van der Waals surface area contributed by atoms with Gasteiger partial charge in [-0.25, -0.2) is 10.4 Å². The number of nitrogens with zero attached hydrogens (tertiary/aromatic N) is 4. The van der Waals surface area contributed by atoms with E-state index in [1.165, 1.54) is 21.1 Å². The summed E-state index contributed by atoms with van der Waals surface area (Å²) in [5, 5.41) is 4.49. The Hall–Kier alpha value is -3.40. The molecule has 0 saturated carbocycles. The van der Waals surface area contributed by atoms with Crippen molar-refractivity contribution >= 4 is 57.0 Å². The SMILES string of the molecule is CC1=CC(C)NN1c1nc(C2C(=O)N(c3ccccc3C)C(=S)N(c3ccccc3C)C2=O)cs1. The van der Waals surface area contributed by atoms with Crippen molar-refractivity contribution in [2.45, 2.75) is 39.7 Å². The molecule has 1 fully saturated rings. The number of hydrogen-bond donors (Lipinski definition) is 1. The maximum atomic E-state index is 13.9. The van der Waals surface area contributed by atoms with Crippen LogP contribution in [0.5, 0.6) is 0 Å². The first kappa shape index (κ1) is 23.3. The molecule has 7 nitrogen and oxygen atoms in total. The van der Waals surface area contributed by atoms with Gasteiger partial charge in [0.15, 0.2) is 11.0 Å². The van der Waals surface area contributed by atoms with Gasteiger partial charge in [0.05, 0.1) is 17.1 Å². The van der Waals surface area contributed by atoms with E-state index in [0.29, 0.717) is 22.2 Å². The normalized spacial score (nSPS) is 19.1. The summed E-state index contributed by atoms with van der Waals surface area (Å²) in [5.41, 5.74) is 7.84. The zero-order valence-corrected chi connectivity index (χ0v) is 21.5. The van der Waals surface area contributed by atoms with Crippen molar-refractivity contribution in [2.24, 2.45) is 0 Å². The summed E-state index contributed by atoms with van der Waals surface area (Å²) in [6.07, 6.45) is 2.09. The van der Waals surface area contributed by atoms with Gasteiger partial charge in [0, 0.05) is 17.1 Å². The number of rotatable bonds is 4. The lowest BCUT2D eigenvalue weighted by Crippen LogP contribution is -2.59. The third kappa shape index (κ3) is 3.95. The molecule has 0 radical (unpaired) electrons. The maximum Gasteiger partial charge on any atom is 0.252 e. The molecule has 1 N–H and O–H groups in total. The molecule has 2 aromatic carbocycles. The maximum absolute atomic E-state index is 13.9. The van der Waals surface area contributed by atoms with Crippen molar-refractivity contribution in [3.63, 3.8) is 0 Å². The van der Waals surface area contributed by atoms with Crippen LogP contribution in [0.25, 0.3) is 0 Å². The van der Waals surface area contributed by atoms with Crippen LogP contribution >= 0.6 is 23.6 Å². The second kappa shape index (κ2) is 8.99. The fourth-order valence-electron chi connectivity index (χ4n) is 4.47. The van der Waals surface area contributed by atoms with Gasteiger partial charge in [-0.1, -0.05) is 36.4 Å². The predicted molar refractivity (Wildman–Crippen MR) is 144 cm³/mol. The molecule has 0 spiro atoms. The van der Waals surface area contributed by atoms with Crippen molar-refractivity contribution in [1.29, 1.82) is 0 Å². The zero-order chi connectivity index (χ0) is 24.9. The Labute approximate surface area is 213 Å². The molecule has 1 aromatic heterocycles. The number of carbonyl (C=O) groups is 2. The molecule has 0 aliphatic carbocycles. The van der Waals surface area contributed by atoms with Gasteiger partial charge in [-0.15, -0.1) is 11.3 Å². The second-order valence-corrected chi connectivity index (χ2v) is 9.95. The molecule has 1 unspecified atom stereocenters. The number of aromatic nitrogens is 1. The van der Waals surface area contributed by atoms with E-state index < -0.39 is 17.7 Å². The van der Waals surface area contributed by atoms with Crippen molar-refractivity contribution < 1.29 is 9.59 Å². The van der Waals surface area contributed by atoms with Crippen LogP contribution < -0.4 is 20.2 Å². The number of para-hydroxylation sites is 2. The quantitative estimate of drug-likeness (QED) is 0.407. The third-order valence-electron chi connectivity index (χ3n) is 6.20. The van der Waals surface area contributed by atoms with Crippen LogP contribution in [-0.2, 0) is 9.59 Å². The summed E-state index contributed by atoms with van der Waals surface area (Å²) < 4.78 is 0. The molecule has 3 aromatic rings. The van der Waals surface area contributed by atoms with Gasteiger partial charge in [-0.3, -0.25) is 24.4 Å². The van der Waals surface area contributed by atoms with Gasteiger partial charge in [-0.05, 0) is 69.2 Å². The Morgan fingerprint density at radius 1 is 0.914 bits per heavy atom. The van der Waals surface area contributed by atoms with Crippen molar-refractivity contribution in [1.82, 2.24) is 10.4 Å². The van der Waals surface area contributed by atoms with Gasteiger partial charge < -0.3 is 0 Å². The van der Waals surface area contributed by atoms with E-state index in [4.69, 9.17) is 17.2 Å². The minimum atomic E-state index is -1.12. The number of hydrogen-bond acceptors (Lipinski definition) is 7. The lowest BCUT2D eigenvalue weighted by molar-refractivity contribution is -0.128. The minimum absolute atomic E-state index is 0.143. The Balaban J connectivity index is 1.62. The molecule has 9 heteroatoms. The van der Waals surface area contributed by atoms with E-state index in [0.717, 1.165) is 16.8 Å². The Bertz CT molecular complexity index is 1310. The van der Waals surface area contributed by atoms with Crippen LogP contribution in [0.4, 0.5) is 16.5 Å². The van der Waals surface area contributed by atoms with Gasteiger partial charge in [-0.2, -0.15) is 0 Å². The number of thiazole rings is 1. The highest BCUT2D eigenvalue weighted by Gasteiger charge is 2.47. The molecule has 35 heavy (non-hydrogen) atoms. The van der Waals surface area contributed by atoms with Crippen LogP contribution in [0, 0.1) is 13.8 Å². The van der Waals surface area contributed by atoms with Crippen molar-refractivity contribution in [3.8, 4) is 0 Å². The number of allylic oxidation sites excluding steroid dienone is 1. The minimum Gasteiger partial charge on any atom is -0.273 e. The van der Waals surface area contributed by atoms with Gasteiger partial charge in [0.1, 0.15) is 0 Å². The van der Waals surface area contributed by atoms with Gasteiger partial charge in [0.2, 0.25) is 5.13 Å². The van der Waals surface area contributed by atoms with Crippen molar-refractivity contribution in [3.05, 3.63) is 82.5 Å². The molecule has 3 heterocycles. The van der Waals surface area contributed by atoms with Crippen LogP contribution in [-0.4, -0.2) is 28.0 Å². The summed E-state index contributed by atoms with van der Waals surface area (Å²) >= 11 is 7.17. The number of thiocarbonyl (C=S) groups is 1. The monoisotopic (exact) mass is 503 g/mol. The Kier molecular flexibility index (Phi) is 6.00. The fourth-order valence-corrected chi connectivity index (χ4v) is 5.73. The number of nitrogens with one attached hydrogen (secondary N) is 1. The van der Waals surface area contributed by atoms with E-state index in [-0.39, 0.29) is 11.2 Å². The van der Waals surface area contributed by atoms with Gasteiger partial charge >= 0.3 is 0 Å². The number of aryl methyl sites for hydroxylation is 2. The Morgan fingerprint density at radius 2 is 1.46 bits per heavy atom. The predicted octanol–water partition coefficient (Wildman–Crippen LogP) is 4.83. The van der Waals surface area contributed by atoms with E-state index in [9.17, 15) is 9.59 Å². The van der Waals surface area contributed by atoms with Crippen molar-refractivity contribution in [2.75, 3.05) is 14.8 Å². The van der Waals surface area contributed by atoms with Crippen LogP contribution in [0.1, 0.15) is 36.6 Å². The highest BCUT2D eigenvalue weighted by atomic mass is 32.1. The summed E-state index contributed by atoms with van der Waals surface area (Å²) in [5.74, 6) is -1.91. The van der Waals surface area contributed by atoms with E-state index in [2.05, 4.69) is 11.5 Å². The van der Waals surface area contributed by atoms with Gasteiger partial charge in [0.25, 0.3) is 11.8 Å². The molecule has 2 aliphatic rings. The first-order valence-electron chi connectivity index (χ1n) is 11.3. The number of benzene rings is 2. The highest BCUT2D eigenvalue weighted by molar-refractivity contribution is 7.81. The third-order valence-corrected chi connectivity index (χ3v) is 7.41. The van der Waals surface area contributed by atoms with Crippen LogP contribution in [0.15, 0.2) is 65.7 Å². The largest absolute Gasteiger partial charge is 0.273 e. The lowest BCUT2D eigenvalue weighted by atomic mass is 9.98. The zero-order valence-electron chi connectivity index (χ0n) is 19.9.